The van der Waals surface area contributed by atoms with Crippen molar-refractivity contribution in [1.29, 1.82) is 0 Å². The summed E-state index contributed by atoms with van der Waals surface area (Å²) in [6.07, 6.45) is 0.266. The average Bonchev–Trinajstić information content (AvgIpc) is 2.31. The van der Waals surface area contributed by atoms with Crippen molar-refractivity contribution >= 4 is 11.7 Å². The van der Waals surface area contributed by atoms with E-state index in [0.717, 1.165) is 12.0 Å². The zero-order valence-electron chi connectivity index (χ0n) is 10.5. The summed E-state index contributed by atoms with van der Waals surface area (Å²) in [5, 5.41) is 0. The molecule has 0 aromatic heterocycles. The number of anilines is 1. The van der Waals surface area contributed by atoms with Gasteiger partial charge in [0.05, 0.1) is 12.3 Å². The Kier molecular flexibility index (Phi) is 4.82. The lowest BCUT2D eigenvalue weighted by Gasteiger charge is -2.15. The number of nitrogen functional groups attached to an aromatic ring is 1. The molecule has 0 bridgehead atoms. The Morgan fingerprint density at radius 2 is 2.12 bits per heavy atom. The molecule has 4 nitrogen and oxygen atoms in total. The van der Waals surface area contributed by atoms with Gasteiger partial charge in [-0.1, -0.05) is 13.0 Å². The van der Waals surface area contributed by atoms with E-state index in [0.29, 0.717) is 18.0 Å². The minimum Gasteiger partial charge on any atom is -0.477 e. The molecule has 0 amide bonds. The first kappa shape index (κ1) is 13.4. The van der Waals surface area contributed by atoms with Gasteiger partial charge in [-0.2, -0.15) is 0 Å². The Balaban J connectivity index is 2.71. The van der Waals surface area contributed by atoms with E-state index in [9.17, 15) is 4.79 Å². The van der Waals surface area contributed by atoms with Crippen LogP contribution in [0, 0.1) is 0 Å². The van der Waals surface area contributed by atoms with Crippen LogP contribution in [0.3, 0.4) is 0 Å². The van der Waals surface area contributed by atoms with Gasteiger partial charge < -0.3 is 15.2 Å². The maximum atomic E-state index is 11.4. The Hall–Kier alpha value is -1.71. The number of aryl methyl sites for hydroxylation is 1. The lowest BCUT2D eigenvalue weighted by atomic mass is 10.1. The first-order valence-electron chi connectivity index (χ1n) is 5.80. The predicted octanol–water partition coefficient (Wildman–Crippen LogP) is 2.16. The minimum atomic E-state index is -0.648. The number of esters is 1. The number of carbonyl (C=O) groups is 1. The SMILES string of the molecule is CCOC(=O)C(C)Oc1ccc(CC)cc1N. The highest BCUT2D eigenvalue weighted by molar-refractivity contribution is 5.75. The quantitative estimate of drug-likeness (QED) is 0.629. The molecule has 1 unspecified atom stereocenters. The molecule has 2 N–H and O–H groups in total. The summed E-state index contributed by atoms with van der Waals surface area (Å²) in [5.41, 5.74) is 7.52. The van der Waals surface area contributed by atoms with Crippen molar-refractivity contribution in [3.05, 3.63) is 23.8 Å². The molecular formula is C13H19NO3. The Morgan fingerprint density at radius 1 is 1.41 bits per heavy atom. The number of ether oxygens (including phenoxy) is 2. The van der Waals surface area contributed by atoms with E-state index < -0.39 is 6.10 Å². The highest BCUT2D eigenvalue weighted by Crippen LogP contribution is 2.24. The normalized spacial score (nSPS) is 11.9. The molecule has 1 rings (SSSR count). The third kappa shape index (κ3) is 3.66. The van der Waals surface area contributed by atoms with Gasteiger partial charge in [0.15, 0.2) is 6.10 Å². The summed E-state index contributed by atoms with van der Waals surface area (Å²) in [7, 11) is 0. The van der Waals surface area contributed by atoms with Crippen LogP contribution in [-0.2, 0) is 16.0 Å². The van der Waals surface area contributed by atoms with Gasteiger partial charge in [-0.05, 0) is 38.0 Å². The monoisotopic (exact) mass is 237 g/mol. The van der Waals surface area contributed by atoms with Crippen molar-refractivity contribution in [1.82, 2.24) is 0 Å². The molecule has 0 saturated carbocycles. The van der Waals surface area contributed by atoms with Crippen LogP contribution in [0.4, 0.5) is 5.69 Å². The molecule has 0 saturated heterocycles. The third-order valence-corrected chi connectivity index (χ3v) is 2.40. The lowest BCUT2D eigenvalue weighted by molar-refractivity contribution is -0.150. The Labute approximate surface area is 102 Å². The van der Waals surface area contributed by atoms with E-state index in [1.54, 1.807) is 19.9 Å². The number of hydrogen-bond acceptors (Lipinski definition) is 4. The van der Waals surface area contributed by atoms with Crippen LogP contribution in [0.15, 0.2) is 18.2 Å². The molecule has 17 heavy (non-hydrogen) atoms. The van der Waals surface area contributed by atoms with Crippen LogP contribution in [-0.4, -0.2) is 18.7 Å². The van der Waals surface area contributed by atoms with Crippen molar-refractivity contribution in [2.45, 2.75) is 33.3 Å². The van der Waals surface area contributed by atoms with E-state index in [-0.39, 0.29) is 5.97 Å². The summed E-state index contributed by atoms with van der Waals surface area (Å²) in [6, 6.07) is 5.57. The van der Waals surface area contributed by atoms with Crippen molar-refractivity contribution in [2.75, 3.05) is 12.3 Å². The van der Waals surface area contributed by atoms with Gasteiger partial charge in [-0.3, -0.25) is 0 Å². The van der Waals surface area contributed by atoms with Gasteiger partial charge in [-0.25, -0.2) is 4.79 Å². The molecule has 1 aromatic carbocycles. The van der Waals surface area contributed by atoms with E-state index >= 15 is 0 Å². The second-order valence-corrected chi connectivity index (χ2v) is 3.74. The smallest absolute Gasteiger partial charge is 0.347 e. The Bertz CT molecular complexity index is 390. The van der Waals surface area contributed by atoms with Gasteiger partial charge in [0.2, 0.25) is 0 Å². The molecule has 0 heterocycles. The molecule has 0 fully saturated rings. The molecule has 94 valence electrons. The molecule has 0 aliphatic heterocycles. The highest BCUT2D eigenvalue weighted by Gasteiger charge is 2.16. The number of hydrogen-bond donors (Lipinski definition) is 1. The first-order chi connectivity index (χ1) is 8.08. The highest BCUT2D eigenvalue weighted by atomic mass is 16.6. The van der Waals surface area contributed by atoms with E-state index in [2.05, 4.69) is 6.92 Å². The van der Waals surface area contributed by atoms with Gasteiger partial charge in [0, 0.05) is 0 Å². The second-order valence-electron chi connectivity index (χ2n) is 3.74. The predicted molar refractivity (Wildman–Crippen MR) is 67.0 cm³/mol. The molecule has 0 spiro atoms. The topological polar surface area (TPSA) is 61.5 Å². The fraction of sp³-hybridized carbons (Fsp3) is 0.462. The zero-order valence-corrected chi connectivity index (χ0v) is 10.5. The number of carbonyl (C=O) groups excluding carboxylic acids is 1. The van der Waals surface area contributed by atoms with Crippen LogP contribution in [0.1, 0.15) is 26.3 Å². The molecule has 0 aliphatic rings. The van der Waals surface area contributed by atoms with Crippen LogP contribution in [0.25, 0.3) is 0 Å². The number of benzene rings is 1. The van der Waals surface area contributed by atoms with Crippen molar-refractivity contribution in [2.24, 2.45) is 0 Å². The van der Waals surface area contributed by atoms with Crippen molar-refractivity contribution in [3.8, 4) is 5.75 Å². The van der Waals surface area contributed by atoms with E-state index in [1.807, 2.05) is 12.1 Å². The second kappa shape index (κ2) is 6.13. The Morgan fingerprint density at radius 3 is 2.65 bits per heavy atom. The number of rotatable bonds is 5. The molecule has 0 radical (unpaired) electrons. The van der Waals surface area contributed by atoms with Gasteiger partial charge in [-0.15, -0.1) is 0 Å². The van der Waals surface area contributed by atoms with Gasteiger partial charge >= 0.3 is 5.97 Å². The van der Waals surface area contributed by atoms with Crippen molar-refractivity contribution < 1.29 is 14.3 Å². The third-order valence-electron chi connectivity index (χ3n) is 2.40. The summed E-state index contributed by atoms with van der Waals surface area (Å²) < 4.78 is 10.3. The van der Waals surface area contributed by atoms with E-state index in [1.165, 1.54) is 0 Å². The lowest BCUT2D eigenvalue weighted by Crippen LogP contribution is -2.26. The fourth-order valence-corrected chi connectivity index (χ4v) is 1.42. The molecule has 1 atom stereocenters. The largest absolute Gasteiger partial charge is 0.477 e. The summed E-state index contributed by atoms with van der Waals surface area (Å²) >= 11 is 0. The average molecular weight is 237 g/mol. The summed E-state index contributed by atoms with van der Waals surface area (Å²) in [4.78, 5) is 11.4. The molecule has 0 aliphatic carbocycles. The summed E-state index contributed by atoms with van der Waals surface area (Å²) in [6.45, 7) is 5.80. The maximum absolute atomic E-state index is 11.4. The first-order valence-corrected chi connectivity index (χ1v) is 5.80. The number of nitrogens with two attached hydrogens (primary N) is 1. The van der Waals surface area contributed by atoms with Crippen molar-refractivity contribution in [3.63, 3.8) is 0 Å². The molecule has 1 aromatic rings. The minimum absolute atomic E-state index is 0.344. The summed E-state index contributed by atoms with van der Waals surface area (Å²) in [5.74, 6) is 0.134. The molecule has 4 heteroatoms. The van der Waals surface area contributed by atoms with Gasteiger partial charge in [0.25, 0.3) is 0 Å². The van der Waals surface area contributed by atoms with Gasteiger partial charge in [0.1, 0.15) is 5.75 Å². The van der Waals surface area contributed by atoms with Crippen LogP contribution in [0.2, 0.25) is 0 Å². The van der Waals surface area contributed by atoms with Crippen LogP contribution < -0.4 is 10.5 Å². The standard InChI is InChI=1S/C13H19NO3/c1-4-10-6-7-12(11(14)8-10)17-9(3)13(15)16-5-2/h6-9H,4-5,14H2,1-3H3. The molecular weight excluding hydrogens is 218 g/mol. The van der Waals surface area contributed by atoms with E-state index in [4.69, 9.17) is 15.2 Å². The van der Waals surface area contributed by atoms with Crippen LogP contribution >= 0.6 is 0 Å². The fourth-order valence-electron chi connectivity index (χ4n) is 1.42. The maximum Gasteiger partial charge on any atom is 0.347 e. The van der Waals surface area contributed by atoms with Crippen LogP contribution in [0.5, 0.6) is 5.75 Å². The zero-order chi connectivity index (χ0) is 12.8.